The molecule has 3 rings (SSSR count). The Morgan fingerprint density at radius 1 is 1.14 bits per heavy atom. The van der Waals surface area contributed by atoms with Gasteiger partial charge in [-0.15, -0.1) is 0 Å². The summed E-state index contributed by atoms with van der Waals surface area (Å²) in [4.78, 5) is 14.8. The largest absolute Gasteiger partial charge is 0.379 e. The first kappa shape index (κ1) is 21.9. The Bertz CT molecular complexity index is 837. The topological polar surface area (TPSA) is 53.6 Å². The average molecular weight is 436 g/mol. The van der Waals surface area contributed by atoms with Crippen molar-refractivity contribution < 1.29 is 9.53 Å². The molecule has 0 bridgehead atoms. The molecule has 0 spiro atoms. The second kappa shape index (κ2) is 10.3. The van der Waals surface area contributed by atoms with E-state index in [-0.39, 0.29) is 11.8 Å². The number of carbonyl (C=O) groups excluding carboxylic acids is 1. The van der Waals surface area contributed by atoms with Gasteiger partial charge < -0.3 is 15.4 Å². The molecule has 29 heavy (non-hydrogen) atoms. The fraction of sp³-hybridized carbons (Fsp3) is 0.409. The average Bonchev–Trinajstić information content (AvgIpc) is 2.74. The normalized spacial score (nSPS) is 15.7. The predicted molar refractivity (Wildman–Crippen MR) is 120 cm³/mol. The maximum Gasteiger partial charge on any atom is 0.227 e. The lowest BCUT2D eigenvalue weighted by atomic mass is 10.00. The first-order valence-corrected chi connectivity index (χ1v) is 10.6. The molecule has 2 N–H and O–H groups in total. The quantitative estimate of drug-likeness (QED) is 0.667. The number of morpholine rings is 1. The lowest BCUT2D eigenvalue weighted by molar-refractivity contribution is -0.122. The number of halogens is 2. The van der Waals surface area contributed by atoms with E-state index in [1.165, 1.54) is 0 Å². The van der Waals surface area contributed by atoms with Crippen LogP contribution in [0.15, 0.2) is 36.4 Å². The van der Waals surface area contributed by atoms with Gasteiger partial charge in [-0.05, 0) is 43.2 Å². The van der Waals surface area contributed by atoms with Crippen molar-refractivity contribution >= 4 is 40.5 Å². The smallest absolute Gasteiger partial charge is 0.227 e. The van der Waals surface area contributed by atoms with E-state index < -0.39 is 0 Å². The first-order chi connectivity index (χ1) is 14.0. The van der Waals surface area contributed by atoms with E-state index in [9.17, 15) is 4.79 Å². The van der Waals surface area contributed by atoms with Crippen LogP contribution >= 0.6 is 23.2 Å². The lowest BCUT2D eigenvalue weighted by Gasteiger charge is -2.26. The summed E-state index contributed by atoms with van der Waals surface area (Å²) < 4.78 is 5.34. The van der Waals surface area contributed by atoms with Crippen LogP contribution in [-0.4, -0.2) is 50.2 Å². The first-order valence-electron chi connectivity index (χ1n) is 9.85. The predicted octanol–water partition coefficient (Wildman–Crippen LogP) is 4.60. The molecule has 0 aromatic heterocycles. The number of carbonyl (C=O) groups is 1. The molecule has 2 aromatic carbocycles. The summed E-state index contributed by atoms with van der Waals surface area (Å²) in [6.45, 7) is 8.74. The number of rotatable bonds is 7. The van der Waals surface area contributed by atoms with Gasteiger partial charge in [0, 0.05) is 31.9 Å². The van der Waals surface area contributed by atoms with Gasteiger partial charge in [0.15, 0.2) is 0 Å². The molecule has 5 nitrogen and oxygen atoms in total. The number of ether oxygens (including phenoxy) is 1. The second-order valence-corrected chi connectivity index (χ2v) is 8.05. The molecule has 1 atom stereocenters. The zero-order valence-electron chi connectivity index (χ0n) is 16.8. The molecule has 1 aliphatic heterocycles. The highest BCUT2D eigenvalue weighted by molar-refractivity contribution is 6.39. The van der Waals surface area contributed by atoms with Gasteiger partial charge in [-0.25, -0.2) is 0 Å². The standard InChI is InChI=1S/C22H27Cl2N3O2/c1-15-3-8-19(23)21(20(15)24)26-18-6-4-17(5-7-18)16(2)22(28)25-9-10-27-11-13-29-14-12-27/h3-8,16,26H,9-14H2,1-2H3,(H,25,28). The Morgan fingerprint density at radius 3 is 2.52 bits per heavy atom. The molecule has 0 saturated carbocycles. The summed E-state index contributed by atoms with van der Waals surface area (Å²) in [6.07, 6.45) is 0. The van der Waals surface area contributed by atoms with Crippen LogP contribution in [0.4, 0.5) is 11.4 Å². The molecule has 1 heterocycles. The van der Waals surface area contributed by atoms with Crippen LogP contribution in [0.5, 0.6) is 0 Å². The van der Waals surface area contributed by atoms with Crippen molar-refractivity contribution in [1.29, 1.82) is 0 Å². The molecule has 156 valence electrons. The summed E-state index contributed by atoms with van der Waals surface area (Å²) in [6, 6.07) is 11.5. The van der Waals surface area contributed by atoms with Crippen molar-refractivity contribution in [2.75, 3.05) is 44.7 Å². The van der Waals surface area contributed by atoms with Gasteiger partial charge >= 0.3 is 0 Å². The van der Waals surface area contributed by atoms with Crippen molar-refractivity contribution in [3.8, 4) is 0 Å². The third kappa shape index (κ3) is 5.86. The zero-order valence-corrected chi connectivity index (χ0v) is 18.3. The number of nitrogens with one attached hydrogen (secondary N) is 2. The van der Waals surface area contributed by atoms with Gasteiger partial charge in [0.1, 0.15) is 0 Å². The highest BCUT2D eigenvalue weighted by Gasteiger charge is 2.16. The Hall–Kier alpha value is -1.79. The number of aryl methyl sites for hydroxylation is 1. The van der Waals surface area contributed by atoms with E-state index >= 15 is 0 Å². The highest BCUT2D eigenvalue weighted by Crippen LogP contribution is 2.35. The molecule has 2 aromatic rings. The minimum Gasteiger partial charge on any atom is -0.379 e. The molecule has 0 radical (unpaired) electrons. The minimum absolute atomic E-state index is 0.0312. The SMILES string of the molecule is Cc1ccc(Cl)c(Nc2ccc(C(C)C(=O)NCCN3CCOCC3)cc2)c1Cl. The highest BCUT2D eigenvalue weighted by atomic mass is 35.5. The number of hydrogen-bond acceptors (Lipinski definition) is 4. The second-order valence-electron chi connectivity index (χ2n) is 7.27. The summed E-state index contributed by atoms with van der Waals surface area (Å²) in [5, 5.41) is 7.47. The molecule has 1 unspecified atom stereocenters. The van der Waals surface area contributed by atoms with E-state index in [1.54, 1.807) is 0 Å². The molecule has 1 aliphatic rings. The van der Waals surface area contributed by atoms with Crippen LogP contribution in [0.25, 0.3) is 0 Å². The Labute approximate surface area is 182 Å². The third-order valence-corrected chi connectivity index (χ3v) is 5.99. The summed E-state index contributed by atoms with van der Waals surface area (Å²) >= 11 is 12.6. The van der Waals surface area contributed by atoms with Crippen LogP contribution in [-0.2, 0) is 9.53 Å². The van der Waals surface area contributed by atoms with Crippen LogP contribution < -0.4 is 10.6 Å². The van der Waals surface area contributed by atoms with Crippen molar-refractivity contribution in [3.63, 3.8) is 0 Å². The maximum absolute atomic E-state index is 12.5. The molecule has 0 aliphatic carbocycles. The fourth-order valence-electron chi connectivity index (χ4n) is 3.24. The maximum atomic E-state index is 12.5. The Balaban J connectivity index is 1.55. The van der Waals surface area contributed by atoms with Crippen molar-refractivity contribution in [3.05, 3.63) is 57.6 Å². The van der Waals surface area contributed by atoms with Crippen molar-refractivity contribution in [1.82, 2.24) is 10.2 Å². The molecule has 1 fully saturated rings. The number of hydrogen-bond donors (Lipinski definition) is 2. The van der Waals surface area contributed by atoms with Gasteiger partial charge in [-0.3, -0.25) is 9.69 Å². The van der Waals surface area contributed by atoms with Crippen molar-refractivity contribution in [2.24, 2.45) is 0 Å². The van der Waals surface area contributed by atoms with Gasteiger partial charge in [0.25, 0.3) is 0 Å². The fourth-order valence-corrected chi connectivity index (χ4v) is 3.70. The number of amides is 1. The molecule has 1 amide bonds. The van der Waals surface area contributed by atoms with E-state index in [0.717, 1.165) is 49.7 Å². The molecular formula is C22H27Cl2N3O2. The minimum atomic E-state index is -0.222. The van der Waals surface area contributed by atoms with Gasteiger partial charge in [0.05, 0.1) is 34.9 Å². The Kier molecular flexibility index (Phi) is 7.78. The van der Waals surface area contributed by atoms with Crippen LogP contribution in [0.1, 0.15) is 24.0 Å². The Morgan fingerprint density at radius 2 is 1.83 bits per heavy atom. The monoisotopic (exact) mass is 435 g/mol. The lowest BCUT2D eigenvalue weighted by Crippen LogP contribution is -2.42. The van der Waals surface area contributed by atoms with Gasteiger partial charge in [-0.2, -0.15) is 0 Å². The van der Waals surface area contributed by atoms with E-state index in [0.29, 0.717) is 22.3 Å². The van der Waals surface area contributed by atoms with Gasteiger partial charge in [-0.1, -0.05) is 41.4 Å². The van der Waals surface area contributed by atoms with Gasteiger partial charge in [0.2, 0.25) is 5.91 Å². The third-order valence-electron chi connectivity index (χ3n) is 5.19. The number of anilines is 2. The summed E-state index contributed by atoms with van der Waals surface area (Å²) in [5.74, 6) is -0.191. The molecular weight excluding hydrogens is 409 g/mol. The van der Waals surface area contributed by atoms with Crippen LogP contribution in [0, 0.1) is 6.92 Å². The van der Waals surface area contributed by atoms with Crippen LogP contribution in [0.3, 0.4) is 0 Å². The molecule has 1 saturated heterocycles. The number of benzene rings is 2. The van der Waals surface area contributed by atoms with E-state index in [4.69, 9.17) is 27.9 Å². The van der Waals surface area contributed by atoms with Crippen molar-refractivity contribution in [2.45, 2.75) is 19.8 Å². The zero-order chi connectivity index (χ0) is 20.8. The van der Waals surface area contributed by atoms with E-state index in [1.807, 2.05) is 50.2 Å². The van der Waals surface area contributed by atoms with E-state index in [2.05, 4.69) is 15.5 Å². The van der Waals surface area contributed by atoms with Crippen LogP contribution in [0.2, 0.25) is 10.0 Å². The number of nitrogens with zero attached hydrogens (tertiary/aromatic N) is 1. The molecule has 7 heteroatoms. The summed E-state index contributed by atoms with van der Waals surface area (Å²) in [5.41, 5.74) is 3.47. The summed E-state index contributed by atoms with van der Waals surface area (Å²) in [7, 11) is 0.